The van der Waals surface area contributed by atoms with Gasteiger partial charge in [0.1, 0.15) is 0 Å². The van der Waals surface area contributed by atoms with E-state index in [2.05, 4.69) is 6.92 Å². The normalized spacial score (nSPS) is 30.2. The van der Waals surface area contributed by atoms with E-state index in [1.807, 2.05) is 0 Å². The summed E-state index contributed by atoms with van der Waals surface area (Å²) in [7, 11) is 1.59. The lowest BCUT2D eigenvalue weighted by atomic mass is 9.77. The van der Waals surface area contributed by atoms with Gasteiger partial charge in [0.25, 0.3) is 0 Å². The molecule has 0 amide bonds. The van der Waals surface area contributed by atoms with Crippen molar-refractivity contribution >= 4 is 5.97 Å². The topological polar surface area (TPSA) is 55.8 Å². The highest BCUT2D eigenvalue weighted by molar-refractivity contribution is 5.77. The van der Waals surface area contributed by atoms with E-state index >= 15 is 0 Å². The van der Waals surface area contributed by atoms with Crippen LogP contribution in [0.4, 0.5) is 0 Å². The molecule has 94 valence electrons. The highest BCUT2D eigenvalue weighted by atomic mass is 16.5. The summed E-state index contributed by atoms with van der Waals surface area (Å²) in [4.78, 5) is 11.3. The Bertz CT molecular complexity index is 214. The second-order valence-electron chi connectivity index (χ2n) is 4.49. The molecular weight excluding hydrogens is 208 g/mol. The molecule has 0 saturated heterocycles. The number of aliphatic carboxylic acids is 1. The predicted octanol–water partition coefficient (Wildman–Crippen LogP) is 2.07. The lowest BCUT2D eigenvalue weighted by molar-refractivity contribution is -0.174. The fourth-order valence-electron chi connectivity index (χ4n) is 2.29. The lowest BCUT2D eigenvalue weighted by Gasteiger charge is -2.36. The zero-order chi connectivity index (χ0) is 12.0. The summed E-state index contributed by atoms with van der Waals surface area (Å²) in [6.45, 7) is 2.97. The summed E-state index contributed by atoms with van der Waals surface area (Å²) in [6, 6.07) is 0. The minimum Gasteiger partial charge on any atom is -0.479 e. The number of carboxylic acid groups (broad SMARTS) is 1. The van der Waals surface area contributed by atoms with Gasteiger partial charge in [-0.2, -0.15) is 0 Å². The van der Waals surface area contributed by atoms with E-state index in [0.29, 0.717) is 32.0 Å². The molecule has 0 aromatic rings. The third kappa shape index (κ3) is 3.19. The van der Waals surface area contributed by atoms with Crippen LogP contribution in [0.1, 0.15) is 39.0 Å². The summed E-state index contributed by atoms with van der Waals surface area (Å²) in [5, 5.41) is 9.28. The van der Waals surface area contributed by atoms with Gasteiger partial charge in [-0.1, -0.05) is 13.3 Å². The summed E-state index contributed by atoms with van der Waals surface area (Å²) in [6.07, 6.45) is 4.30. The molecule has 1 aliphatic rings. The molecule has 1 N–H and O–H groups in total. The second-order valence-corrected chi connectivity index (χ2v) is 4.49. The van der Waals surface area contributed by atoms with E-state index in [1.165, 1.54) is 0 Å². The van der Waals surface area contributed by atoms with Gasteiger partial charge in [0.05, 0.1) is 13.2 Å². The summed E-state index contributed by atoms with van der Waals surface area (Å²) in [5.74, 6) is -0.156. The maximum Gasteiger partial charge on any atom is 0.335 e. The molecule has 0 spiro atoms. The van der Waals surface area contributed by atoms with Crippen LogP contribution >= 0.6 is 0 Å². The molecule has 4 nitrogen and oxygen atoms in total. The Balaban J connectivity index is 2.51. The van der Waals surface area contributed by atoms with Crippen LogP contribution < -0.4 is 0 Å². The monoisotopic (exact) mass is 230 g/mol. The zero-order valence-corrected chi connectivity index (χ0v) is 10.2. The second kappa shape index (κ2) is 6.21. The molecule has 4 heteroatoms. The molecule has 1 saturated carbocycles. The van der Waals surface area contributed by atoms with Gasteiger partial charge in [-0.25, -0.2) is 4.79 Å². The standard InChI is InChI=1S/C12H22O4/c1-3-10-4-6-12(7-5-10,11(13)14)16-9-8-15-2/h10H,3-9H2,1-2H3,(H,13,14). The number of carbonyl (C=O) groups is 1. The van der Waals surface area contributed by atoms with Gasteiger partial charge in [-0.3, -0.25) is 0 Å². The van der Waals surface area contributed by atoms with Gasteiger partial charge >= 0.3 is 5.97 Å². The lowest BCUT2D eigenvalue weighted by Crippen LogP contribution is -2.45. The highest BCUT2D eigenvalue weighted by Gasteiger charge is 2.42. The first-order chi connectivity index (χ1) is 7.64. The van der Waals surface area contributed by atoms with Gasteiger partial charge in [-0.15, -0.1) is 0 Å². The number of carboxylic acids is 1. The zero-order valence-electron chi connectivity index (χ0n) is 10.2. The van der Waals surface area contributed by atoms with E-state index in [-0.39, 0.29) is 0 Å². The Morgan fingerprint density at radius 1 is 1.38 bits per heavy atom. The quantitative estimate of drug-likeness (QED) is 0.710. The average molecular weight is 230 g/mol. The third-order valence-corrected chi connectivity index (χ3v) is 3.55. The molecule has 1 fully saturated rings. The molecule has 0 aliphatic heterocycles. The largest absolute Gasteiger partial charge is 0.479 e. The van der Waals surface area contributed by atoms with Gasteiger partial charge in [0.15, 0.2) is 5.60 Å². The maximum atomic E-state index is 11.3. The van der Waals surface area contributed by atoms with Crippen molar-refractivity contribution in [3.8, 4) is 0 Å². The fourth-order valence-corrected chi connectivity index (χ4v) is 2.29. The van der Waals surface area contributed by atoms with E-state index in [4.69, 9.17) is 9.47 Å². The fraction of sp³-hybridized carbons (Fsp3) is 0.917. The number of hydrogen-bond acceptors (Lipinski definition) is 3. The van der Waals surface area contributed by atoms with Crippen LogP contribution in [0.25, 0.3) is 0 Å². The van der Waals surface area contributed by atoms with Crippen molar-refractivity contribution in [3.63, 3.8) is 0 Å². The van der Waals surface area contributed by atoms with Crippen molar-refractivity contribution in [3.05, 3.63) is 0 Å². The van der Waals surface area contributed by atoms with E-state index in [1.54, 1.807) is 7.11 Å². The van der Waals surface area contributed by atoms with Crippen molar-refractivity contribution in [2.24, 2.45) is 5.92 Å². The van der Waals surface area contributed by atoms with Crippen molar-refractivity contribution < 1.29 is 19.4 Å². The van der Waals surface area contributed by atoms with Crippen LogP contribution in [-0.2, 0) is 14.3 Å². The molecular formula is C12H22O4. The molecule has 0 radical (unpaired) electrons. The van der Waals surface area contributed by atoms with Crippen molar-refractivity contribution in [1.29, 1.82) is 0 Å². The molecule has 0 heterocycles. The van der Waals surface area contributed by atoms with Crippen molar-refractivity contribution in [2.75, 3.05) is 20.3 Å². The third-order valence-electron chi connectivity index (χ3n) is 3.55. The van der Waals surface area contributed by atoms with Crippen molar-refractivity contribution in [1.82, 2.24) is 0 Å². The minimum absolute atomic E-state index is 0.361. The number of methoxy groups -OCH3 is 1. The van der Waals surface area contributed by atoms with E-state index in [9.17, 15) is 9.90 Å². The van der Waals surface area contributed by atoms with Crippen LogP contribution in [0.2, 0.25) is 0 Å². The number of hydrogen-bond donors (Lipinski definition) is 1. The van der Waals surface area contributed by atoms with Gasteiger partial charge in [0.2, 0.25) is 0 Å². The first kappa shape index (κ1) is 13.5. The molecule has 0 aromatic carbocycles. The Morgan fingerprint density at radius 3 is 2.44 bits per heavy atom. The van der Waals surface area contributed by atoms with Gasteiger partial charge in [0, 0.05) is 7.11 Å². The Labute approximate surface area is 96.9 Å². The summed E-state index contributed by atoms with van der Waals surface area (Å²) >= 11 is 0. The maximum absolute atomic E-state index is 11.3. The first-order valence-corrected chi connectivity index (χ1v) is 6.01. The Hall–Kier alpha value is -0.610. The average Bonchev–Trinajstić information content (AvgIpc) is 2.30. The molecule has 16 heavy (non-hydrogen) atoms. The minimum atomic E-state index is -0.954. The number of ether oxygens (including phenoxy) is 2. The van der Waals surface area contributed by atoms with E-state index in [0.717, 1.165) is 19.3 Å². The molecule has 1 aliphatic carbocycles. The van der Waals surface area contributed by atoms with Crippen LogP contribution in [0.3, 0.4) is 0 Å². The van der Waals surface area contributed by atoms with E-state index < -0.39 is 11.6 Å². The molecule has 0 aromatic heterocycles. The molecule has 0 atom stereocenters. The van der Waals surface area contributed by atoms with Gasteiger partial charge in [-0.05, 0) is 31.6 Å². The van der Waals surface area contributed by atoms with Crippen LogP contribution in [0.5, 0.6) is 0 Å². The van der Waals surface area contributed by atoms with Crippen LogP contribution in [0.15, 0.2) is 0 Å². The molecule has 0 bridgehead atoms. The predicted molar refractivity (Wildman–Crippen MR) is 60.4 cm³/mol. The SMILES string of the molecule is CCC1CCC(OCCOC)(C(=O)O)CC1. The van der Waals surface area contributed by atoms with Crippen LogP contribution in [0, 0.1) is 5.92 Å². The Kier molecular flexibility index (Phi) is 5.22. The van der Waals surface area contributed by atoms with Crippen LogP contribution in [-0.4, -0.2) is 37.0 Å². The smallest absolute Gasteiger partial charge is 0.335 e. The molecule has 0 unspecified atom stereocenters. The first-order valence-electron chi connectivity index (χ1n) is 6.01. The molecule has 1 rings (SSSR count). The summed E-state index contributed by atoms with van der Waals surface area (Å²) in [5.41, 5.74) is -0.954. The van der Waals surface area contributed by atoms with Gasteiger partial charge < -0.3 is 14.6 Å². The summed E-state index contributed by atoms with van der Waals surface area (Å²) < 4.78 is 10.4. The number of rotatable bonds is 6. The van der Waals surface area contributed by atoms with Crippen molar-refractivity contribution in [2.45, 2.75) is 44.6 Å². The Morgan fingerprint density at radius 2 is 2.00 bits per heavy atom. The highest BCUT2D eigenvalue weighted by Crippen LogP contribution is 2.36.